The molecule has 1 atom stereocenters. The Morgan fingerprint density at radius 3 is 2.17 bits per heavy atom. The van der Waals surface area contributed by atoms with Crippen LogP contribution in [0, 0.1) is 10.1 Å². The Kier molecular flexibility index (Phi) is 9.76. The number of hydrogen-bond donors (Lipinski definition) is 1. The van der Waals surface area contributed by atoms with E-state index in [2.05, 4.69) is 5.32 Å². The van der Waals surface area contributed by atoms with Crippen molar-refractivity contribution in [1.82, 2.24) is 14.5 Å². The Hall–Kier alpha value is -4.07. The van der Waals surface area contributed by atoms with Crippen LogP contribution in [0.1, 0.15) is 32.3 Å². The number of carbonyl (C=O) groups excluding carboxylic acids is 2. The minimum atomic E-state index is -3.58. The number of ether oxygens (including phenoxy) is 2. The first-order valence-corrected chi connectivity index (χ1v) is 15.0. The van der Waals surface area contributed by atoms with Crippen molar-refractivity contribution in [2.45, 2.75) is 31.6 Å². The summed E-state index contributed by atoms with van der Waals surface area (Å²) in [6, 6.07) is 14.1. The summed E-state index contributed by atoms with van der Waals surface area (Å²) in [5.74, 6) is -2.25. The highest BCUT2D eigenvalue weighted by atomic mass is 32.2. The maximum absolute atomic E-state index is 13.5. The average molecular weight is 599 g/mol. The lowest BCUT2D eigenvalue weighted by Gasteiger charge is -2.34. The number of nitro groups is 1. The number of piperazine rings is 1. The molecule has 42 heavy (non-hydrogen) atoms. The van der Waals surface area contributed by atoms with E-state index in [0.717, 1.165) is 0 Å². The minimum absolute atomic E-state index is 0.0279. The van der Waals surface area contributed by atoms with Gasteiger partial charge in [0, 0.05) is 56.3 Å². The Morgan fingerprint density at radius 2 is 1.57 bits per heavy atom. The molecule has 0 aliphatic carbocycles. The molecule has 2 aromatic rings. The molecule has 0 bridgehead atoms. The minimum Gasteiger partial charge on any atom is -0.463 e. The van der Waals surface area contributed by atoms with E-state index in [1.165, 1.54) is 22.5 Å². The van der Waals surface area contributed by atoms with Crippen LogP contribution in [0.2, 0.25) is 0 Å². The SMILES string of the molecule is CCOC(=O)C1=C(C)NC(C)=C(C(=O)OCCN2CCN(S(=O)(=O)c3ccccc3)CC2)[C@H]1c1cccc([N+](=O)[O-])c1. The molecule has 0 saturated carbocycles. The van der Waals surface area contributed by atoms with Gasteiger partial charge in [-0.25, -0.2) is 18.0 Å². The van der Waals surface area contributed by atoms with Crippen molar-refractivity contribution in [2.75, 3.05) is 45.9 Å². The molecule has 13 heteroatoms. The number of hydrogen-bond acceptors (Lipinski definition) is 10. The van der Waals surface area contributed by atoms with E-state index in [0.29, 0.717) is 49.7 Å². The van der Waals surface area contributed by atoms with Gasteiger partial charge in [0.15, 0.2) is 0 Å². The molecule has 224 valence electrons. The molecule has 4 rings (SSSR count). The van der Waals surface area contributed by atoms with Gasteiger partial charge in [0.05, 0.1) is 33.5 Å². The van der Waals surface area contributed by atoms with Crippen LogP contribution in [-0.4, -0.2) is 80.4 Å². The fourth-order valence-electron chi connectivity index (χ4n) is 5.18. The van der Waals surface area contributed by atoms with E-state index >= 15 is 0 Å². The number of rotatable bonds is 10. The molecule has 2 heterocycles. The second kappa shape index (κ2) is 13.3. The summed E-state index contributed by atoms with van der Waals surface area (Å²) < 4.78 is 38.2. The van der Waals surface area contributed by atoms with Gasteiger partial charge in [0.1, 0.15) is 6.61 Å². The topological polar surface area (TPSA) is 148 Å². The summed E-state index contributed by atoms with van der Waals surface area (Å²) in [4.78, 5) is 39.7. The van der Waals surface area contributed by atoms with Gasteiger partial charge in [0.25, 0.3) is 5.69 Å². The van der Waals surface area contributed by atoms with Crippen molar-refractivity contribution in [1.29, 1.82) is 0 Å². The van der Waals surface area contributed by atoms with Crippen LogP contribution >= 0.6 is 0 Å². The predicted molar refractivity (Wildman–Crippen MR) is 154 cm³/mol. The Balaban J connectivity index is 1.46. The fraction of sp³-hybridized carbons (Fsp3) is 0.379. The Labute approximate surface area is 244 Å². The second-order valence-electron chi connectivity index (χ2n) is 9.90. The lowest BCUT2D eigenvalue weighted by Crippen LogP contribution is -2.49. The standard InChI is InChI=1S/C29H34N4O8S/c1-4-40-28(34)25-20(2)30-21(3)26(27(25)22-9-8-10-23(19-22)33(36)37)29(35)41-18-17-31-13-15-32(16-14-31)42(38,39)24-11-6-5-7-12-24/h5-12,19,27,30H,4,13-18H2,1-3H3/t27-/m0/s1. The molecule has 2 aliphatic rings. The van der Waals surface area contributed by atoms with E-state index < -0.39 is 32.8 Å². The summed E-state index contributed by atoms with van der Waals surface area (Å²) in [5, 5.41) is 14.5. The molecule has 0 amide bonds. The van der Waals surface area contributed by atoms with Crippen molar-refractivity contribution < 1.29 is 32.4 Å². The van der Waals surface area contributed by atoms with Gasteiger partial charge >= 0.3 is 11.9 Å². The van der Waals surface area contributed by atoms with Gasteiger partial charge in [-0.1, -0.05) is 30.3 Å². The molecule has 2 aliphatic heterocycles. The van der Waals surface area contributed by atoms with Crippen molar-refractivity contribution in [3.63, 3.8) is 0 Å². The summed E-state index contributed by atoms with van der Waals surface area (Å²) in [6.45, 7) is 7.10. The molecule has 0 aromatic heterocycles. The molecular formula is C29H34N4O8S. The van der Waals surface area contributed by atoms with Crippen molar-refractivity contribution in [2.24, 2.45) is 0 Å². The van der Waals surface area contributed by atoms with E-state index in [4.69, 9.17) is 9.47 Å². The van der Waals surface area contributed by atoms with Crippen molar-refractivity contribution in [3.8, 4) is 0 Å². The zero-order valence-corrected chi connectivity index (χ0v) is 24.6. The number of benzene rings is 2. The van der Waals surface area contributed by atoms with Gasteiger partial charge in [-0.3, -0.25) is 15.0 Å². The second-order valence-corrected chi connectivity index (χ2v) is 11.8. The van der Waals surface area contributed by atoms with Crippen LogP contribution in [0.4, 0.5) is 5.69 Å². The van der Waals surface area contributed by atoms with Crippen LogP contribution in [0.5, 0.6) is 0 Å². The lowest BCUT2D eigenvalue weighted by atomic mass is 9.80. The first-order valence-electron chi connectivity index (χ1n) is 13.6. The van der Waals surface area contributed by atoms with Gasteiger partial charge in [-0.15, -0.1) is 0 Å². The van der Waals surface area contributed by atoms with E-state index in [-0.39, 0.29) is 34.9 Å². The van der Waals surface area contributed by atoms with Crippen molar-refractivity contribution >= 4 is 27.6 Å². The highest BCUT2D eigenvalue weighted by molar-refractivity contribution is 7.89. The van der Waals surface area contributed by atoms with E-state index in [1.54, 1.807) is 57.2 Å². The molecule has 1 N–H and O–H groups in total. The van der Waals surface area contributed by atoms with Crippen LogP contribution in [0.25, 0.3) is 0 Å². The number of sulfonamides is 1. The largest absolute Gasteiger partial charge is 0.463 e. The number of nitro benzene ring substituents is 1. The van der Waals surface area contributed by atoms with E-state index in [1.807, 2.05) is 4.90 Å². The number of nitrogens with one attached hydrogen (secondary N) is 1. The number of esters is 2. The van der Waals surface area contributed by atoms with Gasteiger partial charge < -0.3 is 14.8 Å². The van der Waals surface area contributed by atoms with E-state index in [9.17, 15) is 28.1 Å². The number of nitrogens with zero attached hydrogens (tertiary/aromatic N) is 3. The molecule has 0 spiro atoms. The maximum Gasteiger partial charge on any atom is 0.336 e. The third-order valence-electron chi connectivity index (χ3n) is 7.24. The number of dihydropyridines is 1. The number of non-ortho nitro benzene ring substituents is 1. The monoisotopic (exact) mass is 598 g/mol. The molecule has 1 saturated heterocycles. The van der Waals surface area contributed by atoms with Crippen LogP contribution in [0.3, 0.4) is 0 Å². The third kappa shape index (κ3) is 6.69. The average Bonchev–Trinajstić information content (AvgIpc) is 2.97. The van der Waals surface area contributed by atoms with Crippen LogP contribution in [0.15, 0.2) is 82.0 Å². The first kappa shape index (κ1) is 30.9. The molecule has 0 unspecified atom stereocenters. The van der Waals surface area contributed by atoms with Crippen LogP contribution in [-0.2, 0) is 29.1 Å². The number of allylic oxidation sites excluding steroid dienone is 2. The molecular weight excluding hydrogens is 564 g/mol. The number of carbonyl (C=O) groups is 2. The van der Waals surface area contributed by atoms with Gasteiger partial charge in [-0.05, 0) is 38.5 Å². The summed E-state index contributed by atoms with van der Waals surface area (Å²) in [6.07, 6.45) is 0. The fourth-order valence-corrected chi connectivity index (χ4v) is 6.62. The maximum atomic E-state index is 13.5. The normalized spacial score (nSPS) is 18.4. The third-order valence-corrected chi connectivity index (χ3v) is 9.16. The quantitative estimate of drug-likeness (QED) is 0.246. The highest BCUT2D eigenvalue weighted by Gasteiger charge is 2.38. The molecule has 2 aromatic carbocycles. The predicted octanol–water partition coefficient (Wildman–Crippen LogP) is 2.94. The summed E-state index contributed by atoms with van der Waals surface area (Å²) in [7, 11) is -3.58. The molecule has 12 nitrogen and oxygen atoms in total. The zero-order valence-electron chi connectivity index (χ0n) is 23.7. The lowest BCUT2D eigenvalue weighted by molar-refractivity contribution is -0.384. The zero-order chi connectivity index (χ0) is 30.4. The summed E-state index contributed by atoms with van der Waals surface area (Å²) in [5.41, 5.74) is 1.47. The van der Waals surface area contributed by atoms with Gasteiger partial charge in [-0.2, -0.15) is 4.31 Å². The molecule has 1 fully saturated rings. The Morgan fingerprint density at radius 1 is 0.952 bits per heavy atom. The first-order chi connectivity index (χ1) is 20.0. The van der Waals surface area contributed by atoms with Gasteiger partial charge in [0.2, 0.25) is 10.0 Å². The smallest absolute Gasteiger partial charge is 0.336 e. The summed E-state index contributed by atoms with van der Waals surface area (Å²) >= 11 is 0. The van der Waals surface area contributed by atoms with Crippen LogP contribution < -0.4 is 5.32 Å². The van der Waals surface area contributed by atoms with Crippen molar-refractivity contribution in [3.05, 3.63) is 92.8 Å². The Bertz CT molecular complexity index is 1510. The highest BCUT2D eigenvalue weighted by Crippen LogP contribution is 2.40. The molecule has 0 radical (unpaired) electrons.